The third-order valence-electron chi connectivity index (χ3n) is 4.60. The zero-order chi connectivity index (χ0) is 21.9. The second-order valence-corrected chi connectivity index (χ2v) is 8.80. The molecule has 0 saturated heterocycles. The van der Waals surface area contributed by atoms with Crippen LogP contribution in [0.1, 0.15) is 24.0 Å². The highest BCUT2D eigenvalue weighted by molar-refractivity contribution is 7.89. The lowest BCUT2D eigenvalue weighted by Crippen LogP contribution is -2.34. The molecule has 2 aromatic rings. The van der Waals surface area contributed by atoms with Crippen LogP contribution in [-0.4, -0.2) is 42.3 Å². The van der Waals surface area contributed by atoms with Crippen molar-refractivity contribution in [1.29, 1.82) is 0 Å². The topological polar surface area (TPSA) is 89.9 Å². The molecule has 0 aromatic heterocycles. The summed E-state index contributed by atoms with van der Waals surface area (Å²) in [6.07, 6.45) is -3.12. The van der Waals surface area contributed by atoms with Crippen molar-refractivity contribution in [2.24, 2.45) is 0 Å². The number of hydrogen-bond donors (Lipinski definition) is 3. The predicted molar refractivity (Wildman–Crippen MR) is 107 cm³/mol. The molecule has 30 heavy (non-hydrogen) atoms. The Hall–Kier alpha value is -2.56. The number of sulfonamides is 1. The number of alkyl halides is 3. The monoisotopic (exact) mass is 442 g/mol. The Kier molecular flexibility index (Phi) is 6.39. The van der Waals surface area contributed by atoms with Crippen molar-refractivity contribution in [3.63, 3.8) is 0 Å². The Morgan fingerprint density at radius 2 is 1.90 bits per heavy atom. The molecule has 10 heteroatoms. The molecule has 3 N–H and O–H groups in total. The lowest BCUT2D eigenvalue weighted by molar-refractivity contribution is -0.134. The van der Waals surface area contributed by atoms with E-state index in [2.05, 4.69) is 4.72 Å². The Labute approximate surface area is 171 Å². The summed E-state index contributed by atoms with van der Waals surface area (Å²) in [5, 5.41) is 22.3. The van der Waals surface area contributed by atoms with E-state index in [0.717, 1.165) is 21.4 Å². The van der Waals surface area contributed by atoms with Gasteiger partial charge in [-0.15, -0.1) is 0 Å². The van der Waals surface area contributed by atoms with Crippen LogP contribution in [-0.2, 0) is 16.6 Å². The van der Waals surface area contributed by atoms with Gasteiger partial charge >= 0.3 is 6.18 Å². The summed E-state index contributed by atoms with van der Waals surface area (Å²) in [5.41, 5.74) is 2.05. The van der Waals surface area contributed by atoms with Crippen LogP contribution in [0.5, 0.6) is 0 Å². The second kappa shape index (κ2) is 8.66. The summed E-state index contributed by atoms with van der Waals surface area (Å²) in [6, 6.07) is 10.9. The van der Waals surface area contributed by atoms with Crippen molar-refractivity contribution in [3.8, 4) is 0 Å². The number of rotatable bonds is 7. The number of nitrogens with one attached hydrogen (secondary N) is 1. The van der Waals surface area contributed by atoms with Gasteiger partial charge < -0.3 is 5.11 Å². The fourth-order valence-electron chi connectivity index (χ4n) is 3.23. The summed E-state index contributed by atoms with van der Waals surface area (Å²) in [4.78, 5) is 0. The van der Waals surface area contributed by atoms with E-state index in [1.54, 1.807) is 18.2 Å². The molecular formula is C20H21F3N2O4S. The zero-order valence-electron chi connectivity index (χ0n) is 15.9. The molecule has 162 valence electrons. The van der Waals surface area contributed by atoms with Crippen molar-refractivity contribution in [3.05, 3.63) is 65.4 Å². The van der Waals surface area contributed by atoms with E-state index in [1.807, 2.05) is 18.2 Å². The molecule has 0 bridgehead atoms. The van der Waals surface area contributed by atoms with E-state index in [1.165, 1.54) is 12.2 Å². The number of aliphatic hydroxyl groups is 1. The number of halogens is 3. The number of hydroxylamine groups is 2. The fourth-order valence-corrected chi connectivity index (χ4v) is 4.39. The molecule has 1 heterocycles. The molecule has 0 amide bonds. The fraction of sp³-hybridized carbons (Fsp3) is 0.300. The largest absolute Gasteiger partial charge is 0.392 e. The second-order valence-electron chi connectivity index (χ2n) is 6.96. The first-order valence-electron chi connectivity index (χ1n) is 9.15. The molecule has 2 aromatic carbocycles. The van der Waals surface area contributed by atoms with Gasteiger partial charge in [0.2, 0.25) is 10.0 Å². The van der Waals surface area contributed by atoms with Crippen molar-refractivity contribution in [1.82, 2.24) is 9.79 Å². The van der Waals surface area contributed by atoms with Crippen LogP contribution >= 0.6 is 0 Å². The van der Waals surface area contributed by atoms with Gasteiger partial charge in [0.05, 0.1) is 24.6 Å². The van der Waals surface area contributed by atoms with Crippen molar-refractivity contribution >= 4 is 26.5 Å². The standard InChI is InChI=1S/C20H21F3N2O4S/c21-20(22,23)9-2-10-30(28,29)24-16-6-8-19(25(27)12-16)18-4-1-3-15-11-14(13-26)5-7-17(15)18/h1,3-8,11,24,26-27H,2,9-10,12-13H2. The number of hydrogen-bond acceptors (Lipinski definition) is 5. The van der Waals surface area contributed by atoms with Gasteiger partial charge in [-0.1, -0.05) is 30.3 Å². The number of aliphatic hydroxyl groups excluding tert-OH is 1. The summed E-state index contributed by atoms with van der Waals surface area (Å²) in [5.74, 6) is -0.664. The van der Waals surface area contributed by atoms with Crippen LogP contribution in [0.2, 0.25) is 0 Å². The van der Waals surface area contributed by atoms with Gasteiger partial charge in [0.15, 0.2) is 0 Å². The van der Waals surface area contributed by atoms with Gasteiger partial charge in [-0.05, 0) is 41.0 Å². The molecule has 0 aliphatic carbocycles. The molecule has 0 unspecified atom stereocenters. The van der Waals surface area contributed by atoms with Crippen LogP contribution in [0.25, 0.3) is 16.5 Å². The van der Waals surface area contributed by atoms with Crippen LogP contribution in [0.4, 0.5) is 13.2 Å². The van der Waals surface area contributed by atoms with Crippen molar-refractivity contribution < 1.29 is 31.9 Å². The van der Waals surface area contributed by atoms with Gasteiger partial charge in [0.25, 0.3) is 0 Å². The summed E-state index contributed by atoms with van der Waals surface area (Å²) in [7, 11) is -3.96. The first kappa shape index (κ1) is 22.1. The normalized spacial score (nSPS) is 15.2. The quantitative estimate of drug-likeness (QED) is 0.611. The van der Waals surface area contributed by atoms with E-state index in [9.17, 15) is 31.9 Å². The third kappa shape index (κ3) is 5.53. The lowest BCUT2D eigenvalue weighted by Gasteiger charge is -2.26. The minimum absolute atomic E-state index is 0.0931. The van der Waals surface area contributed by atoms with Gasteiger partial charge in [0, 0.05) is 17.7 Å². The van der Waals surface area contributed by atoms with E-state index < -0.39 is 34.8 Å². The van der Waals surface area contributed by atoms with E-state index in [0.29, 0.717) is 11.3 Å². The summed E-state index contributed by atoms with van der Waals surface area (Å²) < 4.78 is 62.9. The zero-order valence-corrected chi connectivity index (χ0v) is 16.7. The first-order valence-corrected chi connectivity index (χ1v) is 10.8. The Morgan fingerprint density at radius 3 is 2.57 bits per heavy atom. The van der Waals surface area contributed by atoms with Crippen LogP contribution < -0.4 is 4.72 Å². The van der Waals surface area contributed by atoms with Gasteiger partial charge in [0.1, 0.15) is 0 Å². The van der Waals surface area contributed by atoms with Gasteiger partial charge in [-0.3, -0.25) is 15.0 Å². The average Bonchev–Trinajstić information content (AvgIpc) is 2.65. The van der Waals surface area contributed by atoms with Crippen molar-refractivity contribution in [2.45, 2.75) is 25.6 Å². The van der Waals surface area contributed by atoms with Crippen LogP contribution in [0.3, 0.4) is 0 Å². The van der Waals surface area contributed by atoms with E-state index >= 15 is 0 Å². The number of nitrogens with zero attached hydrogens (tertiary/aromatic N) is 1. The molecule has 3 rings (SSSR count). The highest BCUT2D eigenvalue weighted by Crippen LogP contribution is 2.30. The highest BCUT2D eigenvalue weighted by Gasteiger charge is 2.28. The number of allylic oxidation sites excluding steroid dienone is 2. The maximum atomic E-state index is 12.2. The van der Waals surface area contributed by atoms with E-state index in [-0.39, 0.29) is 18.8 Å². The minimum atomic E-state index is -4.41. The average molecular weight is 442 g/mol. The molecule has 0 atom stereocenters. The lowest BCUT2D eigenvalue weighted by atomic mass is 9.99. The van der Waals surface area contributed by atoms with Crippen molar-refractivity contribution in [2.75, 3.05) is 12.3 Å². The summed E-state index contributed by atoms with van der Waals surface area (Å²) >= 11 is 0. The smallest absolute Gasteiger partial charge is 0.389 e. The SMILES string of the molecule is O=S(=O)(CCCC(F)(F)F)NC1=CC=C(c2cccc3cc(CO)ccc23)N(O)C1. The Morgan fingerprint density at radius 1 is 1.13 bits per heavy atom. The molecule has 0 saturated carbocycles. The number of benzene rings is 2. The Bertz CT molecular complexity index is 1090. The number of fused-ring (bicyclic) bond motifs is 1. The van der Waals surface area contributed by atoms with Crippen LogP contribution in [0, 0.1) is 0 Å². The molecule has 0 spiro atoms. The van der Waals surface area contributed by atoms with Gasteiger partial charge in [-0.25, -0.2) is 8.42 Å². The molecule has 0 fully saturated rings. The molecule has 6 nitrogen and oxygen atoms in total. The maximum Gasteiger partial charge on any atom is 0.389 e. The van der Waals surface area contributed by atoms with E-state index in [4.69, 9.17) is 0 Å². The predicted octanol–water partition coefficient (Wildman–Crippen LogP) is 3.52. The molecule has 0 radical (unpaired) electrons. The van der Waals surface area contributed by atoms with Gasteiger partial charge in [-0.2, -0.15) is 13.2 Å². The molecule has 1 aliphatic heterocycles. The van der Waals surface area contributed by atoms with Crippen LogP contribution in [0.15, 0.2) is 54.2 Å². The molecular weight excluding hydrogens is 421 g/mol. The third-order valence-corrected chi connectivity index (χ3v) is 6.00. The summed E-state index contributed by atoms with van der Waals surface area (Å²) in [6.45, 7) is -0.264. The minimum Gasteiger partial charge on any atom is -0.392 e. The maximum absolute atomic E-state index is 12.2. The Balaban J connectivity index is 1.79. The highest BCUT2D eigenvalue weighted by atomic mass is 32.2. The molecule has 1 aliphatic rings. The first-order chi connectivity index (χ1) is 14.1.